The SMILES string of the molecule is Clc1cccc(C=NNc2cncc(Cl)n2)c1. The van der Waals surface area contributed by atoms with Crippen LogP contribution < -0.4 is 5.43 Å². The van der Waals surface area contributed by atoms with Crippen LogP contribution in [0.4, 0.5) is 5.82 Å². The summed E-state index contributed by atoms with van der Waals surface area (Å²) in [5.41, 5.74) is 3.61. The number of nitrogens with one attached hydrogen (secondary N) is 1. The second-order valence-electron chi connectivity index (χ2n) is 3.15. The molecule has 0 radical (unpaired) electrons. The molecule has 1 heterocycles. The van der Waals surface area contributed by atoms with E-state index in [0.717, 1.165) is 5.56 Å². The third-order valence-electron chi connectivity index (χ3n) is 1.85. The van der Waals surface area contributed by atoms with Crippen LogP contribution in [-0.4, -0.2) is 16.2 Å². The molecule has 0 aliphatic rings. The molecule has 2 aromatic rings. The van der Waals surface area contributed by atoms with Crippen molar-refractivity contribution < 1.29 is 0 Å². The number of benzene rings is 1. The van der Waals surface area contributed by atoms with E-state index >= 15 is 0 Å². The Labute approximate surface area is 108 Å². The molecule has 86 valence electrons. The predicted molar refractivity (Wildman–Crippen MR) is 69.7 cm³/mol. The molecule has 17 heavy (non-hydrogen) atoms. The van der Waals surface area contributed by atoms with E-state index in [1.54, 1.807) is 18.3 Å². The van der Waals surface area contributed by atoms with Crippen LogP contribution in [0, 0.1) is 0 Å². The van der Waals surface area contributed by atoms with E-state index in [1.165, 1.54) is 12.4 Å². The van der Waals surface area contributed by atoms with Crippen molar-refractivity contribution in [1.29, 1.82) is 0 Å². The molecule has 1 N–H and O–H groups in total. The lowest BCUT2D eigenvalue weighted by molar-refractivity contribution is 1.16. The number of anilines is 1. The minimum absolute atomic E-state index is 0.313. The first kappa shape index (κ1) is 11.8. The van der Waals surface area contributed by atoms with Crippen molar-refractivity contribution in [2.24, 2.45) is 5.10 Å². The third kappa shape index (κ3) is 3.69. The van der Waals surface area contributed by atoms with Gasteiger partial charge in [0.25, 0.3) is 0 Å². The second-order valence-corrected chi connectivity index (χ2v) is 3.98. The Balaban J connectivity index is 2.03. The molecule has 0 aliphatic heterocycles. The molecule has 0 aliphatic carbocycles. The normalized spacial score (nSPS) is 10.7. The van der Waals surface area contributed by atoms with Gasteiger partial charge in [0.05, 0.1) is 18.6 Å². The zero-order chi connectivity index (χ0) is 12.1. The minimum Gasteiger partial charge on any atom is -0.260 e. The molecule has 0 bridgehead atoms. The highest BCUT2D eigenvalue weighted by Crippen LogP contribution is 2.09. The highest BCUT2D eigenvalue weighted by atomic mass is 35.5. The number of nitrogens with zero attached hydrogens (tertiary/aromatic N) is 3. The number of hydrazone groups is 1. The molecule has 4 nitrogen and oxygen atoms in total. The second kappa shape index (κ2) is 5.61. The van der Waals surface area contributed by atoms with Crippen molar-refractivity contribution in [3.63, 3.8) is 0 Å². The highest BCUT2D eigenvalue weighted by Gasteiger charge is 1.93. The topological polar surface area (TPSA) is 50.2 Å². The molecular weight excluding hydrogens is 259 g/mol. The fourth-order valence-electron chi connectivity index (χ4n) is 1.16. The summed E-state index contributed by atoms with van der Waals surface area (Å²) in [6.45, 7) is 0. The van der Waals surface area contributed by atoms with Crippen LogP contribution in [0.2, 0.25) is 10.2 Å². The largest absolute Gasteiger partial charge is 0.260 e. The van der Waals surface area contributed by atoms with E-state index in [4.69, 9.17) is 23.2 Å². The molecule has 0 unspecified atom stereocenters. The maximum atomic E-state index is 5.84. The van der Waals surface area contributed by atoms with Gasteiger partial charge < -0.3 is 0 Å². The average molecular weight is 267 g/mol. The van der Waals surface area contributed by atoms with E-state index in [1.807, 2.05) is 12.1 Å². The third-order valence-corrected chi connectivity index (χ3v) is 2.26. The first-order valence-corrected chi connectivity index (χ1v) is 5.52. The van der Waals surface area contributed by atoms with Crippen molar-refractivity contribution in [3.05, 3.63) is 52.4 Å². The zero-order valence-corrected chi connectivity index (χ0v) is 10.2. The van der Waals surface area contributed by atoms with Gasteiger partial charge in [-0.1, -0.05) is 35.3 Å². The van der Waals surface area contributed by atoms with E-state index in [9.17, 15) is 0 Å². The van der Waals surface area contributed by atoms with Gasteiger partial charge in [0, 0.05) is 5.02 Å². The molecule has 0 saturated heterocycles. The monoisotopic (exact) mass is 266 g/mol. The van der Waals surface area contributed by atoms with Gasteiger partial charge in [-0.15, -0.1) is 0 Å². The van der Waals surface area contributed by atoms with Gasteiger partial charge in [-0.3, -0.25) is 10.4 Å². The maximum Gasteiger partial charge on any atom is 0.166 e. The fourth-order valence-corrected chi connectivity index (χ4v) is 1.50. The first-order chi connectivity index (χ1) is 8.24. The molecule has 0 fully saturated rings. The Morgan fingerprint density at radius 3 is 2.88 bits per heavy atom. The molecule has 0 amide bonds. The molecule has 0 saturated carbocycles. The Bertz CT molecular complexity index is 542. The van der Waals surface area contributed by atoms with E-state index < -0.39 is 0 Å². The molecule has 0 spiro atoms. The van der Waals surface area contributed by atoms with Crippen LogP contribution in [0.15, 0.2) is 41.8 Å². The quantitative estimate of drug-likeness (QED) is 0.686. The van der Waals surface area contributed by atoms with Crippen molar-refractivity contribution in [1.82, 2.24) is 9.97 Å². The summed E-state index contributed by atoms with van der Waals surface area (Å²) in [6, 6.07) is 7.34. The number of rotatable bonds is 3. The highest BCUT2D eigenvalue weighted by molar-refractivity contribution is 6.30. The maximum absolute atomic E-state index is 5.84. The van der Waals surface area contributed by atoms with Crippen molar-refractivity contribution >= 4 is 35.2 Å². The number of halogens is 2. The van der Waals surface area contributed by atoms with Crippen molar-refractivity contribution in [3.8, 4) is 0 Å². The Morgan fingerprint density at radius 2 is 2.12 bits per heavy atom. The zero-order valence-electron chi connectivity index (χ0n) is 8.64. The smallest absolute Gasteiger partial charge is 0.166 e. The van der Waals surface area contributed by atoms with Gasteiger partial charge >= 0.3 is 0 Å². The van der Waals surface area contributed by atoms with E-state index in [0.29, 0.717) is 16.0 Å². The summed E-state index contributed by atoms with van der Waals surface area (Å²) < 4.78 is 0. The fraction of sp³-hybridized carbons (Fsp3) is 0. The van der Waals surface area contributed by atoms with E-state index in [2.05, 4.69) is 20.5 Å². The summed E-state index contributed by atoms with van der Waals surface area (Å²) in [5, 5.41) is 4.98. The summed E-state index contributed by atoms with van der Waals surface area (Å²) in [7, 11) is 0. The molecule has 2 rings (SSSR count). The average Bonchev–Trinajstić information content (AvgIpc) is 2.29. The molecule has 6 heteroatoms. The molecule has 0 atom stereocenters. The summed E-state index contributed by atoms with van der Waals surface area (Å²) >= 11 is 11.5. The lowest BCUT2D eigenvalue weighted by Crippen LogP contribution is -1.94. The van der Waals surface area contributed by atoms with Crippen LogP contribution in [0.3, 0.4) is 0 Å². The number of hydrogen-bond donors (Lipinski definition) is 1. The van der Waals surface area contributed by atoms with Crippen LogP contribution >= 0.6 is 23.2 Å². The number of aromatic nitrogens is 2. The van der Waals surface area contributed by atoms with Crippen LogP contribution in [0.25, 0.3) is 0 Å². The van der Waals surface area contributed by atoms with Crippen molar-refractivity contribution in [2.75, 3.05) is 5.43 Å². The van der Waals surface area contributed by atoms with Crippen LogP contribution in [0.5, 0.6) is 0 Å². The molecule has 1 aromatic carbocycles. The lowest BCUT2D eigenvalue weighted by atomic mass is 10.2. The van der Waals surface area contributed by atoms with Gasteiger partial charge in [0.15, 0.2) is 5.82 Å². The first-order valence-electron chi connectivity index (χ1n) is 4.76. The van der Waals surface area contributed by atoms with Gasteiger partial charge in [0.2, 0.25) is 0 Å². The standard InChI is InChI=1S/C11H8Cl2N4/c12-9-3-1-2-8(4-9)5-15-17-11-7-14-6-10(13)16-11/h1-7H,(H,16,17). The van der Waals surface area contributed by atoms with Gasteiger partial charge in [-0.05, 0) is 17.7 Å². The van der Waals surface area contributed by atoms with E-state index in [-0.39, 0.29) is 0 Å². The Hall–Kier alpha value is -1.65. The van der Waals surface area contributed by atoms with Gasteiger partial charge in [0.1, 0.15) is 5.15 Å². The summed E-state index contributed by atoms with van der Waals surface area (Å²) in [5.74, 6) is 0.482. The van der Waals surface area contributed by atoms with Crippen molar-refractivity contribution in [2.45, 2.75) is 0 Å². The lowest BCUT2D eigenvalue weighted by Gasteiger charge is -1.98. The number of hydrogen-bond acceptors (Lipinski definition) is 4. The Morgan fingerprint density at radius 1 is 1.24 bits per heavy atom. The minimum atomic E-state index is 0.313. The van der Waals surface area contributed by atoms with Gasteiger partial charge in [-0.2, -0.15) is 5.10 Å². The Kier molecular flexibility index (Phi) is 3.90. The predicted octanol–water partition coefficient (Wildman–Crippen LogP) is 3.23. The summed E-state index contributed by atoms with van der Waals surface area (Å²) in [4.78, 5) is 7.85. The molecular formula is C11H8Cl2N4. The molecule has 1 aromatic heterocycles. The summed E-state index contributed by atoms with van der Waals surface area (Å²) in [6.07, 6.45) is 4.61. The van der Waals surface area contributed by atoms with Crippen LogP contribution in [0.1, 0.15) is 5.56 Å². The van der Waals surface area contributed by atoms with Crippen LogP contribution in [-0.2, 0) is 0 Å². The van der Waals surface area contributed by atoms with Gasteiger partial charge in [-0.25, -0.2) is 4.98 Å².